The molecule has 0 aliphatic carbocycles. The van der Waals surface area contributed by atoms with Gasteiger partial charge in [-0.3, -0.25) is 5.32 Å². The van der Waals surface area contributed by atoms with E-state index < -0.39 is 0 Å². The number of unbranched alkanes of at least 4 members (excludes halogenated alkanes) is 4. The Hall–Kier alpha value is -0.520. The van der Waals surface area contributed by atoms with Crippen LogP contribution in [0.4, 0.5) is 0 Å². The Kier molecular flexibility index (Phi) is 8.46. The van der Waals surface area contributed by atoms with Crippen LogP contribution in [0, 0.1) is 12.3 Å². The van der Waals surface area contributed by atoms with Crippen LogP contribution < -0.4 is 11.1 Å². The number of rotatable bonds is 9. The second-order valence-corrected chi connectivity index (χ2v) is 4.49. The average molecular weight is 210 g/mol. The Morgan fingerprint density at radius 1 is 1.27 bits per heavy atom. The maximum absolute atomic E-state index is 5.76. The molecule has 0 aromatic rings. The molecule has 0 radical (unpaired) electrons. The molecule has 0 aliphatic rings. The summed E-state index contributed by atoms with van der Waals surface area (Å²) >= 11 is 0. The van der Waals surface area contributed by atoms with Crippen molar-refractivity contribution in [1.82, 2.24) is 5.32 Å². The van der Waals surface area contributed by atoms with Gasteiger partial charge in [-0.15, -0.1) is 6.42 Å². The molecule has 0 amide bonds. The first-order valence-electron chi connectivity index (χ1n) is 6.07. The Morgan fingerprint density at radius 3 is 2.47 bits per heavy atom. The number of hydrogen-bond donors (Lipinski definition) is 2. The number of terminal acetylenes is 1. The fourth-order valence-electron chi connectivity index (χ4n) is 1.65. The summed E-state index contributed by atoms with van der Waals surface area (Å²) in [7, 11) is 0. The lowest BCUT2D eigenvalue weighted by Crippen LogP contribution is -2.48. The van der Waals surface area contributed by atoms with E-state index in [1.165, 1.54) is 32.1 Å². The van der Waals surface area contributed by atoms with Gasteiger partial charge in [0.2, 0.25) is 0 Å². The highest BCUT2D eigenvalue weighted by atomic mass is 15.0. The molecule has 0 rings (SSSR count). The normalized spacial score (nSPS) is 14.5. The van der Waals surface area contributed by atoms with Crippen molar-refractivity contribution < 1.29 is 0 Å². The van der Waals surface area contributed by atoms with E-state index in [4.69, 9.17) is 12.2 Å². The Balaban J connectivity index is 3.64. The number of nitrogens with two attached hydrogens (primary N) is 1. The minimum atomic E-state index is 0.0264. The summed E-state index contributed by atoms with van der Waals surface area (Å²) in [5.74, 6) is 2.60. The predicted octanol–water partition coefficient (Wildman–Crippen LogP) is 2.29. The molecule has 0 saturated heterocycles. The van der Waals surface area contributed by atoms with Crippen LogP contribution >= 0.6 is 0 Å². The van der Waals surface area contributed by atoms with Crippen molar-refractivity contribution in [3.63, 3.8) is 0 Å². The van der Waals surface area contributed by atoms with Gasteiger partial charge >= 0.3 is 0 Å². The molecule has 0 aromatic heterocycles. The first kappa shape index (κ1) is 14.5. The molecule has 15 heavy (non-hydrogen) atoms. The zero-order valence-corrected chi connectivity index (χ0v) is 10.3. The van der Waals surface area contributed by atoms with E-state index in [2.05, 4.69) is 25.1 Å². The van der Waals surface area contributed by atoms with E-state index in [-0.39, 0.29) is 5.54 Å². The molecule has 0 aliphatic heterocycles. The van der Waals surface area contributed by atoms with Gasteiger partial charge in [0, 0.05) is 12.1 Å². The van der Waals surface area contributed by atoms with Gasteiger partial charge in [0.25, 0.3) is 0 Å². The molecular formula is C13H26N2. The Bertz CT molecular complexity index is 183. The van der Waals surface area contributed by atoms with E-state index in [1.54, 1.807) is 0 Å². The second-order valence-electron chi connectivity index (χ2n) is 4.49. The molecule has 3 N–H and O–H groups in total. The van der Waals surface area contributed by atoms with E-state index in [0.717, 1.165) is 6.42 Å². The van der Waals surface area contributed by atoms with E-state index in [0.29, 0.717) is 13.1 Å². The quantitative estimate of drug-likeness (QED) is 0.452. The number of nitrogens with one attached hydrogen (secondary N) is 1. The lowest BCUT2D eigenvalue weighted by Gasteiger charge is -2.28. The van der Waals surface area contributed by atoms with Crippen molar-refractivity contribution in [3.05, 3.63) is 0 Å². The fourth-order valence-corrected chi connectivity index (χ4v) is 1.65. The molecule has 0 bridgehead atoms. The van der Waals surface area contributed by atoms with Gasteiger partial charge in [-0.2, -0.15) is 0 Å². The zero-order valence-electron chi connectivity index (χ0n) is 10.3. The fraction of sp³-hybridized carbons (Fsp3) is 0.846. The average Bonchev–Trinajstić information content (AvgIpc) is 2.26. The SMILES string of the molecule is C#CCNC(C)(CN)CCCCCCC. The third-order valence-corrected chi connectivity index (χ3v) is 2.90. The van der Waals surface area contributed by atoms with Crippen LogP contribution in [0.3, 0.4) is 0 Å². The minimum Gasteiger partial charge on any atom is -0.329 e. The topological polar surface area (TPSA) is 38.0 Å². The van der Waals surface area contributed by atoms with Crippen LogP contribution in [-0.2, 0) is 0 Å². The van der Waals surface area contributed by atoms with Gasteiger partial charge < -0.3 is 5.73 Å². The molecule has 1 atom stereocenters. The standard InChI is InChI=1S/C13H26N2/c1-4-6-7-8-9-10-13(3,12-14)15-11-5-2/h2,15H,4,6-12,14H2,1,3H3. The van der Waals surface area contributed by atoms with Crippen LogP contribution in [0.2, 0.25) is 0 Å². The number of hydrogen-bond acceptors (Lipinski definition) is 2. The molecule has 0 heterocycles. The van der Waals surface area contributed by atoms with Crippen molar-refractivity contribution in [1.29, 1.82) is 0 Å². The van der Waals surface area contributed by atoms with Crippen LogP contribution in [0.15, 0.2) is 0 Å². The lowest BCUT2D eigenvalue weighted by molar-refractivity contribution is 0.341. The highest BCUT2D eigenvalue weighted by molar-refractivity contribution is 4.93. The van der Waals surface area contributed by atoms with Crippen LogP contribution in [-0.4, -0.2) is 18.6 Å². The molecular weight excluding hydrogens is 184 g/mol. The first-order chi connectivity index (χ1) is 7.18. The van der Waals surface area contributed by atoms with E-state index in [9.17, 15) is 0 Å². The van der Waals surface area contributed by atoms with Gasteiger partial charge in [-0.1, -0.05) is 44.9 Å². The van der Waals surface area contributed by atoms with Crippen molar-refractivity contribution in [3.8, 4) is 12.3 Å². The summed E-state index contributed by atoms with van der Waals surface area (Å²) in [6.45, 7) is 5.66. The third-order valence-electron chi connectivity index (χ3n) is 2.90. The lowest BCUT2D eigenvalue weighted by atomic mass is 9.94. The van der Waals surface area contributed by atoms with Gasteiger partial charge in [0.05, 0.1) is 6.54 Å². The smallest absolute Gasteiger partial charge is 0.0578 e. The Morgan fingerprint density at radius 2 is 1.93 bits per heavy atom. The van der Waals surface area contributed by atoms with Gasteiger partial charge in [0.15, 0.2) is 0 Å². The summed E-state index contributed by atoms with van der Waals surface area (Å²) in [6, 6.07) is 0. The van der Waals surface area contributed by atoms with Gasteiger partial charge in [-0.25, -0.2) is 0 Å². The molecule has 0 spiro atoms. The van der Waals surface area contributed by atoms with Crippen molar-refractivity contribution in [2.45, 2.75) is 57.9 Å². The van der Waals surface area contributed by atoms with Crippen molar-refractivity contribution in [2.75, 3.05) is 13.1 Å². The summed E-state index contributed by atoms with van der Waals surface area (Å²) in [5.41, 5.74) is 5.78. The maximum atomic E-state index is 5.76. The monoisotopic (exact) mass is 210 g/mol. The zero-order chi connectivity index (χ0) is 11.6. The predicted molar refractivity (Wildman–Crippen MR) is 67.7 cm³/mol. The maximum Gasteiger partial charge on any atom is 0.0578 e. The summed E-state index contributed by atoms with van der Waals surface area (Å²) in [6.07, 6.45) is 12.9. The van der Waals surface area contributed by atoms with Crippen LogP contribution in [0.5, 0.6) is 0 Å². The summed E-state index contributed by atoms with van der Waals surface area (Å²) in [4.78, 5) is 0. The highest BCUT2D eigenvalue weighted by Gasteiger charge is 2.19. The van der Waals surface area contributed by atoms with E-state index in [1.807, 2.05) is 0 Å². The molecule has 88 valence electrons. The summed E-state index contributed by atoms with van der Waals surface area (Å²) in [5, 5.41) is 3.33. The third kappa shape index (κ3) is 7.41. The Labute approximate surface area is 95.0 Å². The minimum absolute atomic E-state index is 0.0264. The molecule has 2 heteroatoms. The van der Waals surface area contributed by atoms with Crippen molar-refractivity contribution in [2.24, 2.45) is 5.73 Å². The molecule has 2 nitrogen and oxygen atoms in total. The molecule has 0 saturated carbocycles. The first-order valence-corrected chi connectivity index (χ1v) is 6.07. The largest absolute Gasteiger partial charge is 0.329 e. The highest BCUT2D eigenvalue weighted by Crippen LogP contribution is 2.14. The molecule has 1 unspecified atom stereocenters. The van der Waals surface area contributed by atoms with E-state index >= 15 is 0 Å². The second kappa shape index (κ2) is 8.76. The van der Waals surface area contributed by atoms with Crippen molar-refractivity contribution >= 4 is 0 Å². The molecule has 0 aromatic carbocycles. The van der Waals surface area contributed by atoms with Gasteiger partial charge in [-0.05, 0) is 13.3 Å². The summed E-state index contributed by atoms with van der Waals surface area (Å²) < 4.78 is 0. The van der Waals surface area contributed by atoms with Crippen LogP contribution in [0.1, 0.15) is 52.4 Å². The molecule has 0 fully saturated rings. The van der Waals surface area contributed by atoms with Crippen LogP contribution in [0.25, 0.3) is 0 Å². The van der Waals surface area contributed by atoms with Gasteiger partial charge in [0.1, 0.15) is 0 Å².